The standard InChI is InChI=1S/C16H12N4O2/c1-3-15(21)19-10-4-5-13-11(6-10)12(16(22)20-13)7-14-9(2)17-8-18-14/h1,4-8H,2H3,(H,17,18)(H,19,21)(H,20,22). The molecule has 6 nitrogen and oxygen atoms in total. The fourth-order valence-electron chi connectivity index (χ4n) is 2.23. The molecule has 2 aromatic rings. The zero-order chi connectivity index (χ0) is 15.7. The first-order chi connectivity index (χ1) is 10.6. The molecule has 2 amide bonds. The van der Waals surface area contributed by atoms with Gasteiger partial charge in [0.1, 0.15) is 0 Å². The smallest absolute Gasteiger partial charge is 0.300 e. The second kappa shape index (κ2) is 5.22. The first kappa shape index (κ1) is 13.6. The Morgan fingerprint density at radius 2 is 2.27 bits per heavy atom. The van der Waals surface area contributed by atoms with Crippen molar-refractivity contribution in [2.24, 2.45) is 0 Å². The number of fused-ring (bicyclic) bond motifs is 1. The van der Waals surface area contributed by atoms with Crippen LogP contribution in [0.25, 0.3) is 11.6 Å². The van der Waals surface area contributed by atoms with E-state index in [0.717, 1.165) is 5.69 Å². The lowest BCUT2D eigenvalue weighted by molar-refractivity contribution is -0.111. The number of amides is 2. The van der Waals surface area contributed by atoms with Gasteiger partial charge in [0, 0.05) is 22.6 Å². The van der Waals surface area contributed by atoms with Crippen LogP contribution in [0.1, 0.15) is 17.0 Å². The molecule has 0 saturated heterocycles. The largest absolute Gasteiger partial charge is 0.348 e. The highest BCUT2D eigenvalue weighted by Crippen LogP contribution is 2.35. The maximum atomic E-state index is 12.1. The van der Waals surface area contributed by atoms with Gasteiger partial charge in [-0.1, -0.05) is 0 Å². The third kappa shape index (κ3) is 2.36. The van der Waals surface area contributed by atoms with Crippen LogP contribution in [-0.4, -0.2) is 21.8 Å². The summed E-state index contributed by atoms with van der Waals surface area (Å²) in [6.07, 6.45) is 8.31. The number of imidazole rings is 1. The van der Waals surface area contributed by atoms with Gasteiger partial charge >= 0.3 is 0 Å². The van der Waals surface area contributed by atoms with Gasteiger partial charge in [0.25, 0.3) is 11.8 Å². The first-order valence-electron chi connectivity index (χ1n) is 6.53. The number of hydrogen-bond acceptors (Lipinski definition) is 3. The number of H-pyrrole nitrogens is 1. The molecule has 6 heteroatoms. The molecule has 0 fully saturated rings. The Bertz CT molecular complexity index is 855. The molecule has 1 aliphatic rings. The summed E-state index contributed by atoms with van der Waals surface area (Å²) in [5, 5.41) is 5.34. The summed E-state index contributed by atoms with van der Waals surface area (Å²) in [6, 6.07) is 5.10. The number of nitrogens with zero attached hydrogens (tertiary/aromatic N) is 1. The molecule has 0 bridgehead atoms. The molecule has 0 saturated carbocycles. The van der Waals surface area contributed by atoms with E-state index in [1.54, 1.807) is 30.6 Å². The third-order valence-electron chi connectivity index (χ3n) is 3.34. The maximum Gasteiger partial charge on any atom is 0.300 e. The van der Waals surface area contributed by atoms with Crippen LogP contribution < -0.4 is 10.6 Å². The second-order valence-corrected chi connectivity index (χ2v) is 4.78. The van der Waals surface area contributed by atoms with Crippen LogP contribution in [0.4, 0.5) is 11.4 Å². The lowest BCUT2D eigenvalue weighted by Gasteiger charge is -2.04. The minimum atomic E-state index is -0.536. The number of anilines is 2. The molecule has 1 aromatic carbocycles. The lowest BCUT2D eigenvalue weighted by atomic mass is 10.0. The Balaban J connectivity index is 2.03. The number of aryl methyl sites for hydroxylation is 1. The van der Waals surface area contributed by atoms with Crippen LogP contribution in [0.2, 0.25) is 0 Å². The Morgan fingerprint density at radius 3 is 2.95 bits per heavy atom. The number of terminal acetylenes is 1. The molecule has 2 heterocycles. The maximum absolute atomic E-state index is 12.1. The number of rotatable bonds is 2. The van der Waals surface area contributed by atoms with E-state index in [1.807, 2.05) is 12.8 Å². The van der Waals surface area contributed by atoms with E-state index < -0.39 is 5.91 Å². The first-order valence-corrected chi connectivity index (χ1v) is 6.53. The molecule has 0 radical (unpaired) electrons. The fraction of sp³-hybridized carbons (Fsp3) is 0.0625. The summed E-state index contributed by atoms with van der Waals surface area (Å²) < 4.78 is 0. The van der Waals surface area contributed by atoms with Crippen molar-refractivity contribution in [2.45, 2.75) is 6.92 Å². The van der Waals surface area contributed by atoms with Gasteiger partial charge in [0.2, 0.25) is 0 Å². The van der Waals surface area contributed by atoms with E-state index >= 15 is 0 Å². The van der Waals surface area contributed by atoms with Gasteiger partial charge in [-0.3, -0.25) is 9.59 Å². The number of aromatic nitrogens is 2. The van der Waals surface area contributed by atoms with Gasteiger partial charge < -0.3 is 15.6 Å². The van der Waals surface area contributed by atoms with Gasteiger partial charge in [-0.05, 0) is 37.1 Å². The van der Waals surface area contributed by atoms with Gasteiger partial charge in [0.15, 0.2) is 0 Å². The topological polar surface area (TPSA) is 86.9 Å². The summed E-state index contributed by atoms with van der Waals surface area (Å²) in [6.45, 7) is 1.87. The third-order valence-corrected chi connectivity index (χ3v) is 3.34. The van der Waals surface area contributed by atoms with E-state index in [9.17, 15) is 9.59 Å². The molecular weight excluding hydrogens is 280 g/mol. The van der Waals surface area contributed by atoms with Crippen molar-refractivity contribution in [2.75, 3.05) is 10.6 Å². The van der Waals surface area contributed by atoms with Crippen molar-refractivity contribution in [3.63, 3.8) is 0 Å². The highest BCUT2D eigenvalue weighted by atomic mass is 16.2. The van der Waals surface area contributed by atoms with E-state index in [-0.39, 0.29) is 5.91 Å². The Labute approximate surface area is 126 Å². The predicted octanol–water partition coefficient (Wildman–Crippen LogP) is 1.78. The van der Waals surface area contributed by atoms with E-state index in [0.29, 0.717) is 28.2 Å². The minimum Gasteiger partial charge on any atom is -0.348 e. The molecule has 22 heavy (non-hydrogen) atoms. The molecular formula is C16H12N4O2. The number of nitrogens with one attached hydrogen (secondary N) is 3. The quantitative estimate of drug-likeness (QED) is 0.582. The Morgan fingerprint density at radius 1 is 1.45 bits per heavy atom. The summed E-state index contributed by atoms with van der Waals surface area (Å²) in [4.78, 5) is 30.5. The van der Waals surface area contributed by atoms with E-state index in [2.05, 4.69) is 20.6 Å². The Hall–Kier alpha value is -3.33. The van der Waals surface area contributed by atoms with E-state index in [4.69, 9.17) is 6.42 Å². The van der Waals surface area contributed by atoms with Crippen molar-refractivity contribution in [1.82, 2.24) is 9.97 Å². The monoisotopic (exact) mass is 292 g/mol. The normalized spacial score (nSPS) is 14.4. The average molecular weight is 292 g/mol. The summed E-state index contributed by atoms with van der Waals surface area (Å²) in [5.74, 6) is 1.24. The molecule has 3 rings (SSSR count). The summed E-state index contributed by atoms with van der Waals surface area (Å²) in [5.41, 5.74) is 3.96. The van der Waals surface area contributed by atoms with Crippen LogP contribution in [-0.2, 0) is 9.59 Å². The average Bonchev–Trinajstić information content (AvgIpc) is 3.04. The van der Waals surface area contributed by atoms with Crippen LogP contribution in [0.15, 0.2) is 24.5 Å². The molecule has 1 aromatic heterocycles. The number of benzene rings is 1. The highest BCUT2D eigenvalue weighted by Gasteiger charge is 2.25. The fourth-order valence-corrected chi connectivity index (χ4v) is 2.23. The summed E-state index contributed by atoms with van der Waals surface area (Å²) >= 11 is 0. The van der Waals surface area contributed by atoms with Gasteiger partial charge in [-0.2, -0.15) is 0 Å². The molecule has 0 spiro atoms. The number of hydrogen-bond donors (Lipinski definition) is 3. The molecule has 0 atom stereocenters. The molecule has 0 unspecified atom stereocenters. The number of carbonyl (C=O) groups is 2. The zero-order valence-electron chi connectivity index (χ0n) is 11.7. The van der Waals surface area contributed by atoms with Crippen LogP contribution in [0, 0.1) is 19.3 Å². The van der Waals surface area contributed by atoms with Crippen molar-refractivity contribution >= 4 is 34.8 Å². The van der Waals surface area contributed by atoms with Crippen molar-refractivity contribution in [3.8, 4) is 12.3 Å². The van der Waals surface area contributed by atoms with Gasteiger partial charge in [-0.25, -0.2) is 4.98 Å². The zero-order valence-corrected chi connectivity index (χ0v) is 11.7. The SMILES string of the molecule is C#CC(=O)Nc1ccc2c(c1)C(=Cc1nc[nH]c1C)C(=O)N2. The van der Waals surface area contributed by atoms with Crippen molar-refractivity contribution in [3.05, 3.63) is 41.5 Å². The minimum absolute atomic E-state index is 0.210. The molecule has 1 aliphatic heterocycles. The van der Waals surface area contributed by atoms with E-state index in [1.165, 1.54) is 0 Å². The summed E-state index contributed by atoms with van der Waals surface area (Å²) in [7, 11) is 0. The van der Waals surface area contributed by atoms with Gasteiger partial charge in [-0.15, -0.1) is 6.42 Å². The number of aromatic amines is 1. The predicted molar refractivity (Wildman–Crippen MR) is 83.7 cm³/mol. The second-order valence-electron chi connectivity index (χ2n) is 4.78. The Kier molecular flexibility index (Phi) is 3.24. The van der Waals surface area contributed by atoms with Gasteiger partial charge in [0.05, 0.1) is 17.6 Å². The molecule has 3 N–H and O–H groups in total. The van der Waals surface area contributed by atoms with Crippen LogP contribution in [0.3, 0.4) is 0 Å². The number of carbonyl (C=O) groups excluding carboxylic acids is 2. The van der Waals surface area contributed by atoms with Crippen molar-refractivity contribution < 1.29 is 9.59 Å². The molecule has 108 valence electrons. The highest BCUT2D eigenvalue weighted by molar-refractivity contribution is 6.35. The van der Waals surface area contributed by atoms with Crippen LogP contribution in [0.5, 0.6) is 0 Å². The van der Waals surface area contributed by atoms with Crippen molar-refractivity contribution in [1.29, 1.82) is 0 Å². The molecule has 0 aliphatic carbocycles. The lowest BCUT2D eigenvalue weighted by Crippen LogP contribution is -2.07. The van der Waals surface area contributed by atoms with Crippen LogP contribution >= 0.6 is 0 Å².